The molecule has 0 saturated heterocycles. The van der Waals surface area contributed by atoms with Crippen molar-refractivity contribution < 1.29 is 0 Å². The summed E-state index contributed by atoms with van der Waals surface area (Å²) in [5.41, 5.74) is 7.43. The second-order valence-electron chi connectivity index (χ2n) is 2.59. The molecule has 0 atom stereocenters. The number of nitrogens with two attached hydrogens (primary N) is 1. The summed E-state index contributed by atoms with van der Waals surface area (Å²) in [7, 11) is 0. The minimum atomic E-state index is 0.505. The van der Waals surface area contributed by atoms with Gasteiger partial charge in [-0.05, 0) is 12.1 Å². The van der Waals surface area contributed by atoms with Crippen molar-refractivity contribution in [2.24, 2.45) is 5.73 Å². The van der Waals surface area contributed by atoms with Gasteiger partial charge in [-0.1, -0.05) is 11.6 Å². The fourth-order valence-electron chi connectivity index (χ4n) is 1.17. The quantitative estimate of drug-likeness (QED) is 0.658. The topological polar surface area (TPSA) is 54.7 Å². The van der Waals surface area contributed by atoms with E-state index in [0.29, 0.717) is 11.7 Å². The van der Waals surface area contributed by atoms with E-state index in [0.717, 1.165) is 16.6 Å². The van der Waals surface area contributed by atoms with E-state index in [4.69, 9.17) is 17.3 Å². The average molecular weight is 182 g/mol. The van der Waals surface area contributed by atoms with Gasteiger partial charge >= 0.3 is 0 Å². The summed E-state index contributed by atoms with van der Waals surface area (Å²) in [5.74, 6) is 0. The molecule has 2 rings (SSSR count). The molecule has 2 aromatic rings. The lowest BCUT2D eigenvalue weighted by Crippen LogP contribution is -1.94. The van der Waals surface area contributed by atoms with Gasteiger partial charge < -0.3 is 10.7 Å². The first-order valence-electron chi connectivity index (χ1n) is 3.63. The van der Waals surface area contributed by atoms with E-state index in [1.54, 1.807) is 6.20 Å². The number of pyridine rings is 1. The van der Waals surface area contributed by atoms with E-state index in [1.807, 2.05) is 12.1 Å². The molecule has 3 N–H and O–H groups in total. The molecule has 0 unspecified atom stereocenters. The number of H-pyrrole nitrogens is 1. The van der Waals surface area contributed by atoms with Crippen LogP contribution in [0.5, 0.6) is 0 Å². The van der Waals surface area contributed by atoms with Crippen LogP contribution in [-0.4, -0.2) is 9.97 Å². The van der Waals surface area contributed by atoms with Crippen molar-refractivity contribution in [1.82, 2.24) is 9.97 Å². The van der Waals surface area contributed by atoms with Gasteiger partial charge in [0.2, 0.25) is 0 Å². The molecule has 12 heavy (non-hydrogen) atoms. The molecule has 2 heterocycles. The van der Waals surface area contributed by atoms with Gasteiger partial charge in [0.15, 0.2) is 0 Å². The Morgan fingerprint density at radius 3 is 3.08 bits per heavy atom. The second kappa shape index (κ2) is 2.77. The fourth-order valence-corrected chi connectivity index (χ4v) is 1.34. The van der Waals surface area contributed by atoms with E-state index in [2.05, 4.69) is 9.97 Å². The standard InChI is InChI=1S/C8H8ClN3/c9-8-2-5-1-6(3-10)12-7(5)4-11-8/h1-2,4,12H,3,10H2. The zero-order chi connectivity index (χ0) is 8.55. The first-order chi connectivity index (χ1) is 5.79. The van der Waals surface area contributed by atoms with Crippen molar-refractivity contribution in [3.63, 3.8) is 0 Å². The summed E-state index contributed by atoms with van der Waals surface area (Å²) in [6.07, 6.45) is 1.71. The minimum Gasteiger partial charge on any atom is -0.356 e. The third-order valence-corrected chi connectivity index (χ3v) is 1.95. The van der Waals surface area contributed by atoms with E-state index >= 15 is 0 Å². The lowest BCUT2D eigenvalue weighted by atomic mass is 10.3. The number of nitrogens with zero attached hydrogens (tertiary/aromatic N) is 1. The maximum absolute atomic E-state index is 5.71. The Kier molecular flexibility index (Phi) is 1.75. The van der Waals surface area contributed by atoms with Crippen LogP contribution in [0.2, 0.25) is 5.15 Å². The Morgan fingerprint density at radius 2 is 2.33 bits per heavy atom. The van der Waals surface area contributed by atoms with Crippen molar-refractivity contribution in [1.29, 1.82) is 0 Å². The molecule has 0 bridgehead atoms. The largest absolute Gasteiger partial charge is 0.356 e. The maximum Gasteiger partial charge on any atom is 0.129 e. The fraction of sp³-hybridized carbons (Fsp3) is 0.125. The zero-order valence-electron chi connectivity index (χ0n) is 6.34. The average Bonchev–Trinajstić information content (AvgIpc) is 2.46. The highest BCUT2D eigenvalue weighted by Crippen LogP contribution is 2.17. The smallest absolute Gasteiger partial charge is 0.129 e. The van der Waals surface area contributed by atoms with Crippen LogP contribution in [0.15, 0.2) is 18.3 Å². The Balaban J connectivity index is 2.67. The molecule has 0 saturated carbocycles. The van der Waals surface area contributed by atoms with Crippen LogP contribution < -0.4 is 5.73 Å². The number of hydrogen-bond acceptors (Lipinski definition) is 2. The Bertz CT molecular complexity index is 408. The Labute approximate surface area is 74.5 Å². The predicted molar refractivity (Wildman–Crippen MR) is 49.0 cm³/mol. The van der Waals surface area contributed by atoms with Crippen LogP contribution in [0.25, 0.3) is 10.9 Å². The van der Waals surface area contributed by atoms with Crippen molar-refractivity contribution in [3.05, 3.63) is 29.2 Å². The molecule has 0 aliphatic heterocycles. The van der Waals surface area contributed by atoms with Gasteiger partial charge in [-0.15, -0.1) is 0 Å². The molecule has 0 aromatic carbocycles. The molecule has 62 valence electrons. The van der Waals surface area contributed by atoms with Crippen LogP contribution in [-0.2, 0) is 6.54 Å². The highest BCUT2D eigenvalue weighted by molar-refractivity contribution is 6.30. The maximum atomic E-state index is 5.71. The highest BCUT2D eigenvalue weighted by atomic mass is 35.5. The normalized spacial score (nSPS) is 10.8. The van der Waals surface area contributed by atoms with Crippen LogP contribution in [0.1, 0.15) is 5.69 Å². The van der Waals surface area contributed by atoms with E-state index in [9.17, 15) is 0 Å². The summed E-state index contributed by atoms with van der Waals surface area (Å²) < 4.78 is 0. The summed E-state index contributed by atoms with van der Waals surface area (Å²) in [4.78, 5) is 7.07. The van der Waals surface area contributed by atoms with Crippen molar-refractivity contribution >= 4 is 22.5 Å². The zero-order valence-corrected chi connectivity index (χ0v) is 7.10. The van der Waals surface area contributed by atoms with E-state index < -0.39 is 0 Å². The van der Waals surface area contributed by atoms with Gasteiger partial charge in [-0.2, -0.15) is 0 Å². The van der Waals surface area contributed by atoms with Crippen LogP contribution in [0.4, 0.5) is 0 Å². The number of nitrogens with one attached hydrogen (secondary N) is 1. The monoisotopic (exact) mass is 181 g/mol. The van der Waals surface area contributed by atoms with Gasteiger partial charge in [0.25, 0.3) is 0 Å². The second-order valence-corrected chi connectivity index (χ2v) is 2.98. The van der Waals surface area contributed by atoms with Crippen LogP contribution >= 0.6 is 11.6 Å². The number of hydrogen-bond donors (Lipinski definition) is 2. The number of aromatic nitrogens is 2. The summed E-state index contributed by atoms with van der Waals surface area (Å²) in [6, 6.07) is 3.79. The Hall–Kier alpha value is -1.06. The summed E-state index contributed by atoms with van der Waals surface area (Å²) in [6.45, 7) is 0.506. The number of fused-ring (bicyclic) bond motifs is 1. The first-order valence-corrected chi connectivity index (χ1v) is 4.00. The lowest BCUT2D eigenvalue weighted by Gasteiger charge is -1.88. The van der Waals surface area contributed by atoms with Gasteiger partial charge in [0.1, 0.15) is 5.15 Å². The van der Waals surface area contributed by atoms with Crippen molar-refractivity contribution in [2.75, 3.05) is 0 Å². The Morgan fingerprint density at radius 1 is 1.50 bits per heavy atom. The third kappa shape index (κ3) is 1.17. The van der Waals surface area contributed by atoms with E-state index in [1.165, 1.54) is 0 Å². The molecule has 3 nitrogen and oxygen atoms in total. The van der Waals surface area contributed by atoms with Gasteiger partial charge in [-0.25, -0.2) is 4.98 Å². The molecule has 0 radical (unpaired) electrons. The van der Waals surface area contributed by atoms with Gasteiger partial charge in [0, 0.05) is 17.6 Å². The molecular formula is C8H8ClN3. The molecule has 0 fully saturated rings. The van der Waals surface area contributed by atoms with Crippen molar-refractivity contribution in [2.45, 2.75) is 6.54 Å². The molecule has 0 spiro atoms. The number of aromatic amines is 1. The number of rotatable bonds is 1. The number of halogens is 1. The molecule has 0 aliphatic carbocycles. The minimum absolute atomic E-state index is 0.505. The molecule has 0 aliphatic rings. The van der Waals surface area contributed by atoms with Crippen molar-refractivity contribution in [3.8, 4) is 0 Å². The van der Waals surface area contributed by atoms with E-state index in [-0.39, 0.29) is 0 Å². The summed E-state index contributed by atoms with van der Waals surface area (Å²) in [5, 5.41) is 1.56. The molecule has 4 heteroatoms. The van der Waals surface area contributed by atoms with Gasteiger partial charge in [-0.3, -0.25) is 0 Å². The van der Waals surface area contributed by atoms with Crippen LogP contribution in [0, 0.1) is 0 Å². The molecule has 0 amide bonds. The highest BCUT2D eigenvalue weighted by Gasteiger charge is 1.99. The molecule has 2 aromatic heterocycles. The van der Waals surface area contributed by atoms with Gasteiger partial charge in [0.05, 0.1) is 11.7 Å². The first kappa shape index (κ1) is 7.58. The SMILES string of the molecule is NCc1cc2cc(Cl)ncc2[nH]1. The predicted octanol–water partition coefficient (Wildman–Crippen LogP) is 1.67. The molecular weight excluding hydrogens is 174 g/mol. The lowest BCUT2D eigenvalue weighted by molar-refractivity contribution is 1.02. The van der Waals surface area contributed by atoms with Crippen LogP contribution in [0.3, 0.4) is 0 Å². The summed E-state index contributed by atoms with van der Waals surface area (Å²) >= 11 is 5.71. The third-order valence-electron chi connectivity index (χ3n) is 1.75.